The summed E-state index contributed by atoms with van der Waals surface area (Å²) in [5.41, 5.74) is 0. The first-order valence-corrected chi connectivity index (χ1v) is 4.38. The number of carboxylic acids is 1. The van der Waals surface area contributed by atoms with E-state index < -0.39 is 5.97 Å². The first-order chi connectivity index (χ1) is 6.15. The number of aliphatic carboxylic acids is 1. The molecule has 1 aromatic heterocycles. The zero-order valence-electron chi connectivity index (χ0n) is 7.90. The van der Waals surface area contributed by atoms with E-state index in [1.807, 2.05) is 24.6 Å². The van der Waals surface area contributed by atoms with Gasteiger partial charge in [-0.3, -0.25) is 4.79 Å². The topological polar surface area (TPSA) is 55.1 Å². The minimum absolute atomic E-state index is 0.0209. The molecular formula is C9H14N2O2. The van der Waals surface area contributed by atoms with E-state index in [2.05, 4.69) is 4.98 Å². The fraction of sp³-hybridized carbons (Fsp3) is 0.556. The largest absolute Gasteiger partial charge is 0.481 e. The van der Waals surface area contributed by atoms with Crippen LogP contribution < -0.4 is 0 Å². The molecule has 4 nitrogen and oxygen atoms in total. The van der Waals surface area contributed by atoms with Crippen molar-refractivity contribution >= 4 is 5.97 Å². The van der Waals surface area contributed by atoms with Crippen molar-refractivity contribution in [1.82, 2.24) is 9.55 Å². The van der Waals surface area contributed by atoms with Gasteiger partial charge in [-0.1, -0.05) is 6.92 Å². The Labute approximate surface area is 77.2 Å². The zero-order valence-corrected chi connectivity index (χ0v) is 7.90. The molecule has 1 heterocycles. The van der Waals surface area contributed by atoms with Crippen LogP contribution >= 0.6 is 0 Å². The smallest absolute Gasteiger partial charge is 0.304 e. The Kier molecular flexibility index (Phi) is 3.06. The van der Waals surface area contributed by atoms with Crippen LogP contribution in [0.3, 0.4) is 0 Å². The van der Waals surface area contributed by atoms with Gasteiger partial charge in [-0.05, 0) is 6.92 Å². The molecule has 0 fully saturated rings. The molecule has 0 aromatic carbocycles. The number of nitrogens with zero attached hydrogens (tertiary/aromatic N) is 2. The number of hydrogen-bond donors (Lipinski definition) is 1. The maximum Gasteiger partial charge on any atom is 0.304 e. The molecule has 1 atom stereocenters. The Balaban J connectivity index is 2.75. The predicted molar refractivity (Wildman–Crippen MR) is 48.6 cm³/mol. The molecule has 0 aliphatic carbocycles. The third kappa shape index (κ3) is 2.31. The summed E-state index contributed by atoms with van der Waals surface area (Å²) in [7, 11) is 0. The monoisotopic (exact) mass is 182 g/mol. The summed E-state index contributed by atoms with van der Waals surface area (Å²) in [6, 6.07) is 0. The lowest BCUT2D eigenvalue weighted by molar-refractivity contribution is -0.137. The van der Waals surface area contributed by atoms with Gasteiger partial charge in [-0.2, -0.15) is 0 Å². The minimum Gasteiger partial charge on any atom is -0.481 e. The summed E-state index contributed by atoms with van der Waals surface area (Å²) < 4.78 is 1.97. The van der Waals surface area contributed by atoms with E-state index in [-0.39, 0.29) is 12.3 Å². The first kappa shape index (κ1) is 9.77. The molecule has 13 heavy (non-hydrogen) atoms. The number of carbonyl (C=O) groups is 1. The number of carboxylic acid groups (broad SMARTS) is 1. The van der Waals surface area contributed by atoms with Crippen LogP contribution in [0.4, 0.5) is 0 Å². The van der Waals surface area contributed by atoms with Gasteiger partial charge in [0.1, 0.15) is 5.82 Å². The maximum absolute atomic E-state index is 10.5. The van der Waals surface area contributed by atoms with Crippen molar-refractivity contribution < 1.29 is 9.90 Å². The van der Waals surface area contributed by atoms with Crippen molar-refractivity contribution in [3.8, 4) is 0 Å². The van der Waals surface area contributed by atoms with Gasteiger partial charge < -0.3 is 9.67 Å². The number of hydrogen-bond acceptors (Lipinski definition) is 2. The number of imidazole rings is 1. The number of aromatic nitrogens is 2. The summed E-state index contributed by atoms with van der Waals surface area (Å²) in [5, 5.41) is 8.61. The lowest BCUT2D eigenvalue weighted by atomic mass is 10.1. The van der Waals surface area contributed by atoms with Crippen molar-refractivity contribution in [2.45, 2.75) is 32.7 Å². The molecule has 1 rings (SSSR count). The van der Waals surface area contributed by atoms with Gasteiger partial charge in [-0.15, -0.1) is 0 Å². The molecule has 0 aliphatic heterocycles. The maximum atomic E-state index is 10.5. The normalized spacial score (nSPS) is 12.8. The third-order valence-corrected chi connectivity index (χ3v) is 2.01. The minimum atomic E-state index is -0.779. The molecule has 4 heteroatoms. The van der Waals surface area contributed by atoms with Crippen LogP contribution in [0.25, 0.3) is 0 Å². The Morgan fingerprint density at radius 3 is 3.00 bits per heavy atom. The van der Waals surface area contributed by atoms with Gasteiger partial charge in [0.25, 0.3) is 0 Å². The van der Waals surface area contributed by atoms with Crippen LogP contribution in [0.15, 0.2) is 12.4 Å². The fourth-order valence-electron chi connectivity index (χ4n) is 1.37. The zero-order chi connectivity index (χ0) is 9.84. The Morgan fingerprint density at radius 2 is 2.46 bits per heavy atom. The standard InChI is InChI=1S/C9H14N2O2/c1-3-11-5-4-10-9(11)7(2)6-8(12)13/h4-5,7H,3,6H2,1-2H3,(H,12,13). The highest BCUT2D eigenvalue weighted by Crippen LogP contribution is 2.16. The second-order valence-corrected chi connectivity index (χ2v) is 3.07. The van der Waals surface area contributed by atoms with Gasteiger partial charge in [0, 0.05) is 24.9 Å². The molecule has 0 spiro atoms. The van der Waals surface area contributed by atoms with E-state index in [9.17, 15) is 4.79 Å². The fourth-order valence-corrected chi connectivity index (χ4v) is 1.37. The van der Waals surface area contributed by atoms with E-state index in [0.717, 1.165) is 12.4 Å². The van der Waals surface area contributed by atoms with Gasteiger partial charge in [-0.25, -0.2) is 4.98 Å². The van der Waals surface area contributed by atoms with E-state index >= 15 is 0 Å². The molecule has 0 saturated heterocycles. The molecule has 0 aliphatic rings. The van der Waals surface area contributed by atoms with E-state index in [1.165, 1.54) is 0 Å². The molecular weight excluding hydrogens is 168 g/mol. The molecule has 1 unspecified atom stereocenters. The second kappa shape index (κ2) is 4.07. The Hall–Kier alpha value is -1.32. The quantitative estimate of drug-likeness (QED) is 0.767. The summed E-state index contributed by atoms with van der Waals surface area (Å²) in [6.45, 7) is 4.72. The van der Waals surface area contributed by atoms with Gasteiger partial charge >= 0.3 is 5.97 Å². The molecule has 0 bridgehead atoms. The van der Waals surface area contributed by atoms with Crippen molar-refractivity contribution in [3.63, 3.8) is 0 Å². The summed E-state index contributed by atoms with van der Waals surface area (Å²) >= 11 is 0. The van der Waals surface area contributed by atoms with Crippen LogP contribution in [-0.4, -0.2) is 20.6 Å². The second-order valence-electron chi connectivity index (χ2n) is 3.07. The molecule has 0 saturated carbocycles. The van der Waals surface area contributed by atoms with Crippen LogP contribution in [0, 0.1) is 0 Å². The molecule has 0 radical (unpaired) electrons. The predicted octanol–water partition coefficient (Wildman–Crippen LogP) is 1.48. The van der Waals surface area contributed by atoms with Crippen LogP contribution in [-0.2, 0) is 11.3 Å². The molecule has 1 N–H and O–H groups in total. The molecule has 0 amide bonds. The summed E-state index contributed by atoms with van der Waals surface area (Å²) in [4.78, 5) is 14.6. The summed E-state index contributed by atoms with van der Waals surface area (Å²) in [6.07, 6.45) is 3.71. The Bertz CT molecular complexity index is 294. The summed E-state index contributed by atoms with van der Waals surface area (Å²) in [5.74, 6) is 0.0514. The van der Waals surface area contributed by atoms with Crippen LogP contribution in [0.2, 0.25) is 0 Å². The van der Waals surface area contributed by atoms with Gasteiger partial charge in [0.2, 0.25) is 0 Å². The van der Waals surface area contributed by atoms with Crippen molar-refractivity contribution in [1.29, 1.82) is 0 Å². The van der Waals surface area contributed by atoms with E-state index in [4.69, 9.17) is 5.11 Å². The molecule has 1 aromatic rings. The molecule has 72 valence electrons. The number of aryl methyl sites for hydroxylation is 1. The van der Waals surface area contributed by atoms with Crippen LogP contribution in [0.1, 0.15) is 32.0 Å². The average molecular weight is 182 g/mol. The lowest BCUT2D eigenvalue weighted by Crippen LogP contribution is -2.09. The SMILES string of the molecule is CCn1ccnc1C(C)CC(=O)O. The van der Waals surface area contributed by atoms with E-state index in [0.29, 0.717) is 0 Å². The highest BCUT2D eigenvalue weighted by Gasteiger charge is 2.14. The third-order valence-electron chi connectivity index (χ3n) is 2.01. The van der Waals surface area contributed by atoms with Gasteiger partial charge in [0.05, 0.1) is 6.42 Å². The van der Waals surface area contributed by atoms with E-state index in [1.54, 1.807) is 6.20 Å². The lowest BCUT2D eigenvalue weighted by Gasteiger charge is -2.09. The van der Waals surface area contributed by atoms with Gasteiger partial charge in [0.15, 0.2) is 0 Å². The number of rotatable bonds is 4. The van der Waals surface area contributed by atoms with Crippen molar-refractivity contribution in [2.24, 2.45) is 0 Å². The first-order valence-electron chi connectivity index (χ1n) is 4.38. The Morgan fingerprint density at radius 1 is 1.77 bits per heavy atom. The van der Waals surface area contributed by atoms with Crippen molar-refractivity contribution in [3.05, 3.63) is 18.2 Å². The average Bonchev–Trinajstić information content (AvgIpc) is 2.49. The highest BCUT2D eigenvalue weighted by atomic mass is 16.4. The highest BCUT2D eigenvalue weighted by molar-refractivity contribution is 5.67. The van der Waals surface area contributed by atoms with Crippen molar-refractivity contribution in [2.75, 3.05) is 0 Å². The van der Waals surface area contributed by atoms with Crippen LogP contribution in [0.5, 0.6) is 0 Å².